The average Bonchev–Trinajstić information content (AvgIpc) is 3.40. The Morgan fingerprint density at radius 1 is 1.09 bits per heavy atom. The summed E-state index contributed by atoms with van der Waals surface area (Å²) in [7, 11) is 0. The number of hydrogen-bond acceptors (Lipinski definition) is 4. The number of nitriles is 1. The Labute approximate surface area is 187 Å². The Bertz CT molecular complexity index is 1470. The van der Waals surface area contributed by atoms with Gasteiger partial charge in [0.1, 0.15) is 22.7 Å². The summed E-state index contributed by atoms with van der Waals surface area (Å²) >= 11 is 0. The van der Waals surface area contributed by atoms with Crippen LogP contribution in [0.4, 0.5) is 0 Å². The van der Waals surface area contributed by atoms with Crippen molar-refractivity contribution in [2.45, 2.75) is 39.7 Å². The van der Waals surface area contributed by atoms with Gasteiger partial charge in [-0.05, 0) is 60.9 Å². The highest BCUT2D eigenvalue weighted by molar-refractivity contribution is 5.84. The predicted octanol–water partition coefficient (Wildman–Crippen LogP) is 6.42. The molecule has 0 atom stereocenters. The smallest absolute Gasteiger partial charge is 0.160 e. The molecule has 0 amide bonds. The van der Waals surface area contributed by atoms with Gasteiger partial charge in [0.05, 0.1) is 18.2 Å². The molecule has 3 heterocycles. The lowest BCUT2D eigenvalue weighted by molar-refractivity contribution is 0.631. The summed E-state index contributed by atoms with van der Waals surface area (Å²) in [6.45, 7) is 4.99. The predicted molar refractivity (Wildman–Crippen MR) is 126 cm³/mol. The van der Waals surface area contributed by atoms with Gasteiger partial charge in [-0.1, -0.05) is 31.5 Å². The lowest BCUT2D eigenvalue weighted by Gasteiger charge is -2.09. The number of fused-ring (bicyclic) bond motifs is 2. The zero-order valence-corrected chi connectivity index (χ0v) is 18.3. The van der Waals surface area contributed by atoms with Gasteiger partial charge in [-0.15, -0.1) is 0 Å². The van der Waals surface area contributed by atoms with E-state index in [1.54, 1.807) is 0 Å². The fourth-order valence-electron chi connectivity index (χ4n) is 4.18. The van der Waals surface area contributed by atoms with Crippen molar-refractivity contribution in [1.82, 2.24) is 14.5 Å². The number of furan rings is 1. The Morgan fingerprint density at radius 3 is 2.81 bits per heavy atom. The van der Waals surface area contributed by atoms with Gasteiger partial charge >= 0.3 is 0 Å². The Kier molecular flexibility index (Phi) is 5.20. The molecule has 32 heavy (non-hydrogen) atoms. The van der Waals surface area contributed by atoms with Crippen molar-refractivity contribution in [3.8, 4) is 17.4 Å². The first-order valence-electron chi connectivity index (χ1n) is 11.0. The standard InChI is InChI=1S/C27H24N4O/c1-3-4-9-25-30-26-18(2)12-13-29-27(26)31(25)17-19-10-11-23-21(14-19)15-24(32-23)22-8-6-5-7-20(22)16-28/h5-8,10-15H,3-4,9,17H2,1-2H3. The lowest BCUT2D eigenvalue weighted by Crippen LogP contribution is -2.06. The minimum atomic E-state index is 0.610. The molecule has 0 aliphatic heterocycles. The summed E-state index contributed by atoms with van der Waals surface area (Å²) in [6, 6.07) is 20.1. The Morgan fingerprint density at radius 2 is 1.97 bits per heavy atom. The lowest BCUT2D eigenvalue weighted by atomic mass is 10.1. The Balaban J connectivity index is 1.54. The van der Waals surface area contributed by atoms with Crippen LogP contribution in [0, 0.1) is 18.3 Å². The highest BCUT2D eigenvalue weighted by Gasteiger charge is 2.15. The minimum absolute atomic E-state index is 0.610. The summed E-state index contributed by atoms with van der Waals surface area (Å²) in [5.74, 6) is 1.79. The average molecular weight is 421 g/mol. The number of unbranched alkanes of at least 4 members (excludes halogenated alkanes) is 1. The maximum atomic E-state index is 9.43. The molecule has 0 aliphatic carbocycles. The third-order valence-electron chi connectivity index (χ3n) is 5.90. The van der Waals surface area contributed by atoms with Crippen LogP contribution in [0.5, 0.6) is 0 Å². The van der Waals surface area contributed by atoms with Crippen molar-refractivity contribution in [3.05, 3.63) is 83.3 Å². The largest absolute Gasteiger partial charge is 0.456 e. The summed E-state index contributed by atoms with van der Waals surface area (Å²) in [5.41, 5.74) is 6.47. The van der Waals surface area contributed by atoms with Crippen molar-refractivity contribution in [1.29, 1.82) is 5.26 Å². The molecule has 0 N–H and O–H groups in total. The number of rotatable bonds is 6. The van der Waals surface area contributed by atoms with Gasteiger partial charge < -0.3 is 8.98 Å². The van der Waals surface area contributed by atoms with E-state index in [1.807, 2.05) is 48.7 Å². The van der Waals surface area contributed by atoms with Crippen molar-refractivity contribution < 1.29 is 4.42 Å². The highest BCUT2D eigenvalue weighted by atomic mass is 16.3. The first-order chi connectivity index (χ1) is 15.7. The molecule has 0 aliphatic rings. The highest BCUT2D eigenvalue weighted by Crippen LogP contribution is 2.31. The quantitative estimate of drug-likeness (QED) is 0.318. The number of imidazole rings is 1. The molecular weight excluding hydrogens is 396 g/mol. The normalized spacial score (nSPS) is 11.3. The molecule has 0 radical (unpaired) electrons. The van der Waals surface area contributed by atoms with Gasteiger partial charge in [-0.2, -0.15) is 5.26 Å². The maximum absolute atomic E-state index is 9.43. The molecule has 5 nitrogen and oxygen atoms in total. The van der Waals surface area contributed by atoms with Gasteiger partial charge in [0, 0.05) is 23.6 Å². The van der Waals surface area contributed by atoms with Crippen LogP contribution in [0.25, 0.3) is 33.5 Å². The van der Waals surface area contributed by atoms with Crippen molar-refractivity contribution in [2.75, 3.05) is 0 Å². The second-order valence-corrected chi connectivity index (χ2v) is 8.16. The second-order valence-electron chi connectivity index (χ2n) is 8.16. The number of aryl methyl sites for hydroxylation is 2. The second kappa shape index (κ2) is 8.32. The van der Waals surface area contributed by atoms with E-state index in [0.717, 1.165) is 58.3 Å². The molecule has 0 unspecified atom stereocenters. The summed E-state index contributed by atoms with van der Waals surface area (Å²) in [6.07, 6.45) is 5.03. The molecule has 5 heteroatoms. The monoisotopic (exact) mass is 420 g/mol. The van der Waals surface area contributed by atoms with Crippen LogP contribution in [-0.4, -0.2) is 14.5 Å². The first-order valence-corrected chi connectivity index (χ1v) is 11.0. The molecule has 5 rings (SSSR count). The molecule has 0 saturated carbocycles. The van der Waals surface area contributed by atoms with Gasteiger partial charge in [-0.25, -0.2) is 9.97 Å². The molecule has 0 bridgehead atoms. The number of nitrogens with zero attached hydrogens (tertiary/aromatic N) is 4. The fourth-order valence-corrected chi connectivity index (χ4v) is 4.18. The van der Waals surface area contributed by atoms with Crippen LogP contribution >= 0.6 is 0 Å². The summed E-state index contributed by atoms with van der Waals surface area (Å²) in [5, 5.41) is 10.5. The Hall–Kier alpha value is -3.91. The number of benzene rings is 2. The van der Waals surface area contributed by atoms with Crippen LogP contribution in [0.1, 0.15) is 42.3 Å². The van der Waals surface area contributed by atoms with E-state index in [4.69, 9.17) is 9.40 Å². The summed E-state index contributed by atoms with van der Waals surface area (Å²) < 4.78 is 8.31. The van der Waals surface area contributed by atoms with Crippen molar-refractivity contribution in [2.24, 2.45) is 0 Å². The third-order valence-corrected chi connectivity index (χ3v) is 5.90. The number of aromatic nitrogens is 3. The molecule has 0 saturated heterocycles. The van der Waals surface area contributed by atoms with Gasteiger partial charge in [-0.3, -0.25) is 0 Å². The van der Waals surface area contributed by atoms with E-state index in [1.165, 1.54) is 5.56 Å². The van der Waals surface area contributed by atoms with E-state index in [2.05, 4.69) is 41.6 Å². The van der Waals surface area contributed by atoms with E-state index < -0.39 is 0 Å². The molecule has 2 aromatic carbocycles. The molecule has 0 spiro atoms. The van der Waals surface area contributed by atoms with Crippen LogP contribution in [0.15, 0.2) is 65.2 Å². The molecule has 5 aromatic rings. The van der Waals surface area contributed by atoms with E-state index in [0.29, 0.717) is 17.9 Å². The van der Waals surface area contributed by atoms with Crippen LogP contribution in [0.3, 0.4) is 0 Å². The topological polar surface area (TPSA) is 67.6 Å². The minimum Gasteiger partial charge on any atom is -0.456 e. The van der Waals surface area contributed by atoms with Gasteiger partial charge in [0.15, 0.2) is 5.65 Å². The number of hydrogen-bond donors (Lipinski definition) is 0. The van der Waals surface area contributed by atoms with Gasteiger partial charge in [0.25, 0.3) is 0 Å². The van der Waals surface area contributed by atoms with Crippen molar-refractivity contribution >= 4 is 22.1 Å². The number of pyridine rings is 1. The van der Waals surface area contributed by atoms with Crippen LogP contribution < -0.4 is 0 Å². The van der Waals surface area contributed by atoms with Crippen LogP contribution in [-0.2, 0) is 13.0 Å². The summed E-state index contributed by atoms with van der Waals surface area (Å²) in [4.78, 5) is 9.57. The SMILES string of the molecule is CCCCc1nc2c(C)ccnc2n1Cc1ccc2oc(-c3ccccc3C#N)cc2c1. The molecule has 158 valence electrons. The van der Waals surface area contributed by atoms with E-state index in [9.17, 15) is 5.26 Å². The van der Waals surface area contributed by atoms with E-state index in [-0.39, 0.29) is 0 Å². The van der Waals surface area contributed by atoms with Crippen LogP contribution in [0.2, 0.25) is 0 Å². The molecule has 0 fully saturated rings. The first kappa shape index (κ1) is 20.0. The van der Waals surface area contributed by atoms with E-state index >= 15 is 0 Å². The van der Waals surface area contributed by atoms with Gasteiger partial charge in [0.2, 0.25) is 0 Å². The maximum Gasteiger partial charge on any atom is 0.160 e. The molecule has 3 aromatic heterocycles. The van der Waals surface area contributed by atoms with Crippen molar-refractivity contribution in [3.63, 3.8) is 0 Å². The molecular formula is C27H24N4O. The third kappa shape index (κ3) is 3.54. The zero-order valence-electron chi connectivity index (χ0n) is 18.3. The fraction of sp³-hybridized carbons (Fsp3) is 0.222. The zero-order chi connectivity index (χ0) is 22.1.